The highest BCUT2D eigenvalue weighted by Crippen LogP contribution is 2.36. The van der Waals surface area contributed by atoms with Crippen molar-refractivity contribution in [3.8, 4) is 34.5 Å². The standard InChI is InChI=1S/C22H19ClN8O/c1-32-18-10-15(23)3-4-16(18)20-17(21-26-7-8-27-21)13-30-22(31-20)28-9-6-25-19-5-2-14(11-24)12-29-19/h2-5,7-8,10,12-13H,6,9H2,1H3,(H,25,29)(H,26,27)(H,28,30,31). The zero-order valence-corrected chi connectivity index (χ0v) is 17.9. The quantitative estimate of drug-likeness (QED) is 0.347. The molecule has 0 aliphatic rings. The topological polar surface area (TPSA) is 124 Å². The van der Waals surface area contributed by atoms with Gasteiger partial charge in [-0.05, 0) is 30.3 Å². The lowest BCUT2D eigenvalue weighted by Gasteiger charge is -2.13. The van der Waals surface area contributed by atoms with Crippen molar-refractivity contribution < 1.29 is 4.74 Å². The molecule has 0 aliphatic heterocycles. The number of aromatic amines is 1. The van der Waals surface area contributed by atoms with E-state index in [0.717, 1.165) is 11.1 Å². The molecule has 0 unspecified atom stereocenters. The third-order valence-corrected chi connectivity index (χ3v) is 4.80. The second kappa shape index (κ2) is 9.76. The molecule has 0 saturated carbocycles. The van der Waals surface area contributed by atoms with Crippen LogP contribution in [0, 0.1) is 11.3 Å². The third kappa shape index (κ3) is 4.77. The number of H-pyrrole nitrogens is 1. The fourth-order valence-corrected chi connectivity index (χ4v) is 3.21. The minimum atomic E-state index is 0.460. The molecule has 0 saturated heterocycles. The van der Waals surface area contributed by atoms with E-state index in [-0.39, 0.29) is 0 Å². The monoisotopic (exact) mass is 446 g/mol. The number of halogens is 1. The number of pyridine rings is 1. The lowest BCUT2D eigenvalue weighted by atomic mass is 10.1. The summed E-state index contributed by atoms with van der Waals surface area (Å²) in [5.41, 5.74) is 2.69. The SMILES string of the molecule is COc1cc(Cl)ccc1-c1nc(NCCNc2ccc(C#N)cn2)ncc1-c1ncc[nH]1. The average molecular weight is 447 g/mol. The summed E-state index contributed by atoms with van der Waals surface area (Å²) in [5.74, 6) is 2.40. The van der Waals surface area contributed by atoms with E-state index in [1.807, 2.05) is 12.1 Å². The molecule has 3 heterocycles. The number of benzene rings is 1. The molecule has 3 N–H and O–H groups in total. The summed E-state index contributed by atoms with van der Waals surface area (Å²) in [6.07, 6.45) is 6.66. The van der Waals surface area contributed by atoms with Crippen LogP contribution in [0.4, 0.5) is 11.8 Å². The first-order valence-corrected chi connectivity index (χ1v) is 10.1. The number of hydrogen-bond donors (Lipinski definition) is 3. The van der Waals surface area contributed by atoms with Crippen LogP contribution < -0.4 is 15.4 Å². The zero-order valence-electron chi connectivity index (χ0n) is 17.1. The number of hydrogen-bond acceptors (Lipinski definition) is 8. The minimum Gasteiger partial charge on any atom is -0.496 e. The summed E-state index contributed by atoms with van der Waals surface area (Å²) in [6.45, 7) is 1.14. The van der Waals surface area contributed by atoms with Crippen LogP contribution in [0.3, 0.4) is 0 Å². The highest BCUT2D eigenvalue weighted by molar-refractivity contribution is 6.30. The van der Waals surface area contributed by atoms with Crippen LogP contribution in [-0.2, 0) is 0 Å². The molecule has 0 fully saturated rings. The Morgan fingerprint density at radius 1 is 1.06 bits per heavy atom. The van der Waals surface area contributed by atoms with Crippen LogP contribution in [-0.4, -0.2) is 45.1 Å². The molecule has 0 amide bonds. The molecule has 0 bridgehead atoms. The van der Waals surface area contributed by atoms with Gasteiger partial charge in [-0.15, -0.1) is 0 Å². The maximum Gasteiger partial charge on any atom is 0.223 e. The summed E-state index contributed by atoms with van der Waals surface area (Å²) in [6, 6.07) is 10.9. The first-order chi connectivity index (χ1) is 15.7. The predicted octanol–water partition coefficient (Wildman–Crippen LogP) is 3.99. The van der Waals surface area contributed by atoms with Crippen LogP contribution in [0.1, 0.15) is 5.56 Å². The van der Waals surface area contributed by atoms with Gasteiger partial charge in [-0.1, -0.05) is 11.6 Å². The highest BCUT2D eigenvalue weighted by Gasteiger charge is 2.17. The summed E-state index contributed by atoms with van der Waals surface area (Å²) in [4.78, 5) is 20.8. The summed E-state index contributed by atoms with van der Waals surface area (Å²) >= 11 is 6.13. The number of nitriles is 1. The number of aromatic nitrogens is 5. The molecule has 4 rings (SSSR count). The molecule has 0 aliphatic carbocycles. The first kappa shape index (κ1) is 21.1. The van der Waals surface area contributed by atoms with Crippen LogP contribution in [0.25, 0.3) is 22.6 Å². The molecule has 160 valence electrons. The van der Waals surface area contributed by atoms with Crippen molar-refractivity contribution in [1.82, 2.24) is 24.9 Å². The van der Waals surface area contributed by atoms with Crippen molar-refractivity contribution in [2.45, 2.75) is 0 Å². The lowest BCUT2D eigenvalue weighted by Crippen LogP contribution is -2.16. The molecule has 0 spiro atoms. The van der Waals surface area contributed by atoms with E-state index in [9.17, 15) is 0 Å². The molecule has 32 heavy (non-hydrogen) atoms. The number of rotatable bonds is 8. The number of nitrogens with one attached hydrogen (secondary N) is 3. The van der Waals surface area contributed by atoms with Crippen molar-refractivity contribution in [3.05, 3.63) is 65.7 Å². The Kier molecular flexibility index (Phi) is 6.43. The molecular formula is C22H19ClN8O. The van der Waals surface area contributed by atoms with E-state index in [1.165, 1.54) is 6.20 Å². The minimum absolute atomic E-state index is 0.460. The van der Waals surface area contributed by atoms with Crippen LogP contribution >= 0.6 is 11.6 Å². The number of ether oxygens (including phenoxy) is 1. The van der Waals surface area contributed by atoms with Gasteiger partial charge < -0.3 is 20.4 Å². The lowest BCUT2D eigenvalue weighted by molar-refractivity contribution is 0.416. The van der Waals surface area contributed by atoms with Gasteiger partial charge >= 0.3 is 0 Å². The Balaban J connectivity index is 1.54. The van der Waals surface area contributed by atoms with Gasteiger partial charge in [-0.3, -0.25) is 0 Å². The summed E-state index contributed by atoms with van der Waals surface area (Å²) < 4.78 is 5.52. The number of imidazole rings is 1. The Bertz CT molecular complexity index is 1240. The van der Waals surface area contributed by atoms with Gasteiger partial charge in [-0.25, -0.2) is 19.9 Å². The number of methoxy groups -OCH3 is 1. The van der Waals surface area contributed by atoms with Gasteiger partial charge in [0.15, 0.2) is 0 Å². The Morgan fingerprint density at radius 2 is 1.94 bits per heavy atom. The van der Waals surface area contributed by atoms with Gasteiger partial charge in [-0.2, -0.15) is 5.26 Å². The third-order valence-electron chi connectivity index (χ3n) is 4.57. The second-order valence-corrected chi connectivity index (χ2v) is 7.07. The maximum absolute atomic E-state index is 8.85. The van der Waals surface area contributed by atoms with Gasteiger partial charge in [0, 0.05) is 48.5 Å². The molecule has 1 aromatic carbocycles. The van der Waals surface area contributed by atoms with E-state index >= 15 is 0 Å². The predicted molar refractivity (Wildman–Crippen MR) is 123 cm³/mol. The van der Waals surface area contributed by atoms with Gasteiger partial charge in [0.05, 0.1) is 23.9 Å². The van der Waals surface area contributed by atoms with Crippen molar-refractivity contribution >= 4 is 23.4 Å². The highest BCUT2D eigenvalue weighted by atomic mass is 35.5. The fourth-order valence-electron chi connectivity index (χ4n) is 3.05. The molecule has 9 nitrogen and oxygen atoms in total. The molecule has 4 aromatic rings. The first-order valence-electron chi connectivity index (χ1n) is 9.72. The number of anilines is 2. The zero-order chi connectivity index (χ0) is 22.3. The maximum atomic E-state index is 8.85. The Morgan fingerprint density at radius 3 is 2.66 bits per heavy atom. The van der Waals surface area contributed by atoms with E-state index < -0.39 is 0 Å². The average Bonchev–Trinajstić information content (AvgIpc) is 3.37. The van der Waals surface area contributed by atoms with E-state index in [1.54, 1.807) is 50.0 Å². The van der Waals surface area contributed by atoms with Gasteiger partial charge in [0.2, 0.25) is 5.95 Å². The Labute approximate surface area is 189 Å². The molecule has 10 heteroatoms. The van der Waals surface area contributed by atoms with E-state index in [2.05, 4.69) is 30.6 Å². The molecular weight excluding hydrogens is 428 g/mol. The summed E-state index contributed by atoms with van der Waals surface area (Å²) in [7, 11) is 1.59. The van der Waals surface area contributed by atoms with E-state index in [0.29, 0.717) is 52.7 Å². The van der Waals surface area contributed by atoms with E-state index in [4.69, 9.17) is 26.6 Å². The summed E-state index contributed by atoms with van der Waals surface area (Å²) in [5, 5.41) is 15.8. The molecule has 3 aromatic heterocycles. The second-order valence-electron chi connectivity index (χ2n) is 6.64. The van der Waals surface area contributed by atoms with Crippen LogP contribution in [0.5, 0.6) is 5.75 Å². The normalized spacial score (nSPS) is 10.4. The Hall–Kier alpha value is -4.16. The van der Waals surface area contributed by atoms with Crippen molar-refractivity contribution in [3.63, 3.8) is 0 Å². The van der Waals surface area contributed by atoms with Gasteiger partial charge in [0.1, 0.15) is 23.5 Å². The van der Waals surface area contributed by atoms with Crippen molar-refractivity contribution in [1.29, 1.82) is 5.26 Å². The van der Waals surface area contributed by atoms with Crippen LogP contribution in [0.15, 0.2) is 55.1 Å². The van der Waals surface area contributed by atoms with Crippen molar-refractivity contribution in [2.24, 2.45) is 0 Å². The molecule has 0 radical (unpaired) electrons. The molecule has 0 atom stereocenters. The smallest absolute Gasteiger partial charge is 0.223 e. The fraction of sp³-hybridized carbons (Fsp3) is 0.136. The van der Waals surface area contributed by atoms with Crippen molar-refractivity contribution in [2.75, 3.05) is 30.8 Å². The van der Waals surface area contributed by atoms with Gasteiger partial charge in [0.25, 0.3) is 0 Å². The number of nitrogens with zero attached hydrogens (tertiary/aromatic N) is 5. The largest absolute Gasteiger partial charge is 0.496 e. The van der Waals surface area contributed by atoms with Crippen LogP contribution in [0.2, 0.25) is 5.02 Å².